The predicted molar refractivity (Wildman–Crippen MR) is 466 cm³/mol. The number of ether oxygens (including phenoxy) is 22. The van der Waals surface area contributed by atoms with E-state index in [9.17, 15) is 81.5 Å². The average molecular weight is 1970 g/mol. The summed E-state index contributed by atoms with van der Waals surface area (Å²) >= 11 is 0. The lowest BCUT2D eigenvalue weighted by Gasteiger charge is -2.44. The number of rotatable bonds is 68. The van der Waals surface area contributed by atoms with Gasteiger partial charge in [0.15, 0.2) is 55.5 Å². The fourth-order valence-corrected chi connectivity index (χ4v) is 15.0. The second-order valence-corrected chi connectivity index (χ2v) is 32.4. The monoisotopic (exact) mass is 1970 g/mol. The van der Waals surface area contributed by atoms with Gasteiger partial charge in [-0.3, -0.25) is 81.5 Å². The molecule has 0 aliphatic carbocycles. The molecule has 0 aromatic carbocycles. The van der Waals surface area contributed by atoms with E-state index in [4.69, 9.17) is 120 Å². The molecule has 3 aliphatic rings. The second-order valence-electron chi connectivity index (χ2n) is 31.0. The Morgan fingerprint density at radius 2 is 0.610 bits per heavy atom. The van der Waals surface area contributed by atoms with Crippen LogP contribution in [0.5, 0.6) is 0 Å². The van der Waals surface area contributed by atoms with Crippen molar-refractivity contribution in [2.75, 3.05) is 165 Å². The maximum atomic E-state index is 14.2. The average Bonchev–Trinajstić information content (AvgIpc) is 0.793. The zero-order chi connectivity index (χ0) is 101. The minimum absolute atomic E-state index is 0.0591. The number of carbonyl (C=O) groups excluding carboxylic acids is 17. The largest absolute Gasteiger partial charge is 0.463 e. The first-order valence-electron chi connectivity index (χ1n) is 44.4. The molecule has 0 radical (unpaired) electrons. The van der Waals surface area contributed by atoms with E-state index >= 15 is 0 Å². The van der Waals surface area contributed by atoms with E-state index in [0.717, 1.165) is 76.2 Å². The Labute approximate surface area is 791 Å². The highest BCUT2D eigenvalue weighted by molar-refractivity contribution is 7.44. The van der Waals surface area contributed by atoms with Crippen LogP contribution in [0.1, 0.15) is 149 Å². The molecule has 0 spiro atoms. The third-order valence-electron chi connectivity index (χ3n) is 18.7. The number of hydrogen-bond acceptors (Lipinski definition) is 42. The lowest BCUT2D eigenvalue weighted by molar-refractivity contribution is -0.279. The molecular formula is C85H138N9O41P. The molecule has 3 fully saturated rings. The summed E-state index contributed by atoms with van der Waals surface area (Å²) in [6.07, 6.45) is -12.5. The standard InChI is InChI=1S/C85H138N9O41P/c1-18-19-28-125-136(94(50(2)3)51(4)5)126-46-42-118-38-37-117-36-35-116-34-33-112-29-24-71(109)93-65(82(111)88-27-32-115-41-45-121-85-74(91-54(8)97)80(132-63(17)106)77(129-60(14)103)68(135-85)49-124-57(11)100)21-23-70(108)92-64(81(110)87-26-31-114-40-44-120-84-73(90-53(7)96)79(131-62(16)105)76(128-59(13)102)67(134-84)48-123-56(10)99)20-22-69(107)86-25-30-113-39-43-119-83-72(89-52(6)95)78(130-61(15)104)75(127-58(12)101)66(133-83)47-122-55(9)98/h1,50-51,64-68,72-80,83-85H,19-49H2,2-17H3,(H,86,107)(H,87,110)(H,88,111)(H,89,95)(H,90,96)(H,91,97)(H,92,108)(H,93,109). The summed E-state index contributed by atoms with van der Waals surface area (Å²) in [6, 6.07) is -6.40. The molecule has 3 rings (SSSR count). The molecule has 774 valence electrons. The van der Waals surface area contributed by atoms with Crippen molar-refractivity contribution in [2.24, 2.45) is 0 Å². The molecular weight excluding hydrogens is 1830 g/mol. The molecule has 3 saturated heterocycles. The predicted octanol–water partition coefficient (Wildman–Crippen LogP) is -2.21. The Hall–Kier alpha value is -9.66. The van der Waals surface area contributed by atoms with Crippen LogP contribution in [0.2, 0.25) is 0 Å². The van der Waals surface area contributed by atoms with Gasteiger partial charge in [-0.1, -0.05) is 0 Å². The van der Waals surface area contributed by atoms with Gasteiger partial charge in [-0.15, -0.1) is 12.3 Å². The van der Waals surface area contributed by atoms with Gasteiger partial charge in [0.2, 0.25) is 47.3 Å². The van der Waals surface area contributed by atoms with E-state index in [2.05, 4.69) is 80.8 Å². The van der Waals surface area contributed by atoms with Crippen LogP contribution in [-0.2, 0) is 195 Å². The second kappa shape index (κ2) is 68.4. The molecule has 18 atom stereocenters. The number of nitrogens with zero attached hydrogens (tertiary/aromatic N) is 1. The fourth-order valence-electron chi connectivity index (χ4n) is 13.4. The summed E-state index contributed by atoms with van der Waals surface area (Å²) in [6.45, 7) is 19.6. The van der Waals surface area contributed by atoms with Crippen LogP contribution >= 0.6 is 8.53 Å². The van der Waals surface area contributed by atoms with E-state index in [1.807, 2.05) is 0 Å². The minimum atomic E-state index is -1.47. The summed E-state index contributed by atoms with van der Waals surface area (Å²) in [5, 5.41) is 20.9. The first-order valence-corrected chi connectivity index (χ1v) is 45.5. The third kappa shape index (κ3) is 51.1. The SMILES string of the molecule is C#CCCOP(OCCOCCOCCOCCOCCC(=O)NC(CCC(=O)NC(CCC(=O)NCCOCCOC1OC(COC(C)=O)C(OC(C)=O)C(OC(C)=O)C1NC(C)=O)C(=O)NCCOCCOC1OC(COC(C)=O)C(OC(C)=O)C(OC(C)=O)C1NC(C)=O)C(=O)NCCOCCOC1OC(COC(C)=O)C(OC(C)=O)C(OC(C)=O)C1NC(C)=O)N(C(C)C)C(C)C. The van der Waals surface area contributed by atoms with Gasteiger partial charge in [0.1, 0.15) is 68.3 Å². The van der Waals surface area contributed by atoms with Gasteiger partial charge in [-0.2, -0.15) is 0 Å². The summed E-state index contributed by atoms with van der Waals surface area (Å²) in [5.74, 6) is -10.2. The normalized spacial score (nSPS) is 21.9. The third-order valence-corrected chi connectivity index (χ3v) is 20.8. The summed E-state index contributed by atoms with van der Waals surface area (Å²) in [5.41, 5.74) is 0. The molecule has 136 heavy (non-hydrogen) atoms. The highest BCUT2D eigenvalue weighted by atomic mass is 31.2. The van der Waals surface area contributed by atoms with Crippen molar-refractivity contribution in [3.63, 3.8) is 0 Å². The highest BCUT2D eigenvalue weighted by Crippen LogP contribution is 2.46. The lowest BCUT2D eigenvalue weighted by Crippen LogP contribution is -2.66. The summed E-state index contributed by atoms with van der Waals surface area (Å²) in [4.78, 5) is 217. The fraction of sp³-hybridized carbons (Fsp3) is 0.776. The lowest BCUT2D eigenvalue weighted by atomic mass is 9.96. The van der Waals surface area contributed by atoms with Gasteiger partial charge in [0.05, 0.1) is 126 Å². The van der Waals surface area contributed by atoms with E-state index in [0.29, 0.717) is 32.8 Å². The van der Waals surface area contributed by atoms with Gasteiger partial charge in [-0.05, 0) is 40.5 Å². The first-order chi connectivity index (χ1) is 64.6. The summed E-state index contributed by atoms with van der Waals surface area (Å²) in [7, 11) is -1.36. The number of amides is 8. The van der Waals surface area contributed by atoms with Crippen molar-refractivity contribution >= 4 is 110 Å². The molecule has 50 nitrogen and oxygen atoms in total. The Kier molecular flexibility index (Phi) is 60.6. The van der Waals surface area contributed by atoms with Gasteiger partial charge >= 0.3 is 53.7 Å². The Balaban J connectivity index is 1.81. The van der Waals surface area contributed by atoms with Crippen molar-refractivity contribution in [2.45, 2.75) is 265 Å². The van der Waals surface area contributed by atoms with Crippen LogP contribution in [0.15, 0.2) is 0 Å². The Morgan fingerprint density at radius 3 is 0.919 bits per heavy atom. The van der Waals surface area contributed by atoms with Gasteiger partial charge in [-0.25, -0.2) is 4.67 Å². The molecule has 0 aromatic rings. The molecule has 51 heteroatoms. The molecule has 8 N–H and O–H groups in total. The Bertz CT molecular complexity index is 3760. The van der Waals surface area contributed by atoms with Crippen molar-refractivity contribution in [1.29, 1.82) is 0 Å². The number of terminal acetylenes is 1. The van der Waals surface area contributed by atoms with Crippen LogP contribution in [-0.4, -0.2) is 387 Å². The van der Waals surface area contributed by atoms with Crippen LogP contribution in [0, 0.1) is 12.3 Å². The zero-order valence-corrected chi connectivity index (χ0v) is 81.0. The topological polar surface area (TPSA) is 611 Å². The maximum Gasteiger partial charge on any atom is 0.303 e. The van der Waals surface area contributed by atoms with Crippen LogP contribution in [0.25, 0.3) is 0 Å². The molecule has 0 aromatic heterocycles. The van der Waals surface area contributed by atoms with Crippen LogP contribution in [0.4, 0.5) is 0 Å². The number of nitrogens with one attached hydrogen (secondary N) is 8. The van der Waals surface area contributed by atoms with E-state index < -0.39 is 246 Å². The Morgan fingerprint density at radius 1 is 0.331 bits per heavy atom. The van der Waals surface area contributed by atoms with Gasteiger partial charge in [0, 0.05) is 140 Å². The minimum Gasteiger partial charge on any atom is -0.463 e. The van der Waals surface area contributed by atoms with Crippen molar-refractivity contribution in [3.8, 4) is 12.3 Å². The van der Waals surface area contributed by atoms with Crippen molar-refractivity contribution in [1.82, 2.24) is 47.2 Å². The maximum absolute atomic E-state index is 14.2. The number of hydrogen-bond donors (Lipinski definition) is 8. The molecule has 3 aliphatic heterocycles. The van der Waals surface area contributed by atoms with E-state index in [1.54, 1.807) is 0 Å². The van der Waals surface area contributed by atoms with E-state index in [-0.39, 0.29) is 150 Å². The number of carbonyl (C=O) groups is 17. The molecule has 0 saturated carbocycles. The van der Waals surface area contributed by atoms with Crippen molar-refractivity contribution in [3.05, 3.63) is 0 Å². The first kappa shape index (κ1) is 121. The smallest absolute Gasteiger partial charge is 0.303 e. The molecule has 3 heterocycles. The highest BCUT2D eigenvalue weighted by Gasteiger charge is 2.55. The van der Waals surface area contributed by atoms with Crippen molar-refractivity contribution < 1.29 is 195 Å². The van der Waals surface area contributed by atoms with Gasteiger partial charge in [0.25, 0.3) is 8.53 Å². The quantitative estimate of drug-likeness (QED) is 0.0105. The summed E-state index contributed by atoms with van der Waals surface area (Å²) < 4.78 is 138. The van der Waals surface area contributed by atoms with E-state index in [1.165, 1.54) is 6.92 Å². The van der Waals surface area contributed by atoms with Crippen LogP contribution in [0.3, 0.4) is 0 Å². The molecule has 0 bridgehead atoms. The van der Waals surface area contributed by atoms with Gasteiger partial charge < -0.3 is 156 Å². The molecule has 8 amide bonds. The molecule has 18 unspecified atom stereocenters. The van der Waals surface area contributed by atoms with Crippen LogP contribution < -0.4 is 42.5 Å². The number of esters is 9. The zero-order valence-electron chi connectivity index (χ0n) is 80.1.